The largest absolute Gasteiger partial charge is 0.341 e. The molecule has 6 nitrogen and oxygen atoms in total. The van der Waals surface area contributed by atoms with Crippen molar-refractivity contribution in [3.05, 3.63) is 35.6 Å². The Morgan fingerprint density at radius 3 is 2.60 bits per heavy atom. The van der Waals surface area contributed by atoms with Crippen molar-refractivity contribution in [3.8, 4) is 0 Å². The molecule has 3 atom stereocenters. The number of hydrogen-bond acceptors (Lipinski definition) is 3. The first-order valence-electron chi connectivity index (χ1n) is 8.13. The molecule has 0 spiro atoms. The summed E-state index contributed by atoms with van der Waals surface area (Å²) in [6.07, 6.45) is 0. The fourth-order valence-corrected chi connectivity index (χ4v) is 3.95. The second kappa shape index (κ2) is 7.58. The molecule has 3 amide bonds. The summed E-state index contributed by atoms with van der Waals surface area (Å²) >= 11 is 0. The van der Waals surface area contributed by atoms with Gasteiger partial charge in [0.2, 0.25) is 5.91 Å². The maximum absolute atomic E-state index is 13.7. The minimum atomic E-state index is -0.318. The highest BCUT2D eigenvalue weighted by atomic mass is 35.5. The van der Waals surface area contributed by atoms with E-state index in [2.05, 4.69) is 0 Å². The molecule has 0 aliphatic carbocycles. The SMILES string of the molecule is CN(C)C(=O)N1C[C@H]2CN(C(=O)CN)C[C@H]2[C@H]1c1cccc(F)c1.Cl. The van der Waals surface area contributed by atoms with Crippen molar-refractivity contribution in [2.45, 2.75) is 6.04 Å². The van der Waals surface area contributed by atoms with Crippen LogP contribution in [0.3, 0.4) is 0 Å². The molecular formula is C17H24ClFN4O2. The molecule has 2 saturated heterocycles. The van der Waals surface area contributed by atoms with Crippen LogP contribution in [0.15, 0.2) is 24.3 Å². The Kier molecular flexibility index (Phi) is 5.90. The minimum absolute atomic E-state index is 0. The molecular weight excluding hydrogens is 347 g/mol. The highest BCUT2D eigenvalue weighted by Crippen LogP contribution is 2.45. The lowest BCUT2D eigenvalue weighted by molar-refractivity contribution is -0.129. The van der Waals surface area contributed by atoms with Crippen LogP contribution in [0.25, 0.3) is 0 Å². The molecule has 2 aliphatic heterocycles. The minimum Gasteiger partial charge on any atom is -0.341 e. The number of hydrogen-bond donors (Lipinski definition) is 1. The number of likely N-dealkylation sites (tertiary alicyclic amines) is 2. The second-order valence-corrected chi connectivity index (χ2v) is 6.76. The molecule has 8 heteroatoms. The van der Waals surface area contributed by atoms with Crippen LogP contribution in [0.5, 0.6) is 0 Å². The first-order chi connectivity index (χ1) is 11.4. The highest BCUT2D eigenvalue weighted by molar-refractivity contribution is 5.85. The molecule has 1 aromatic rings. The number of urea groups is 1. The molecule has 1 aromatic carbocycles. The van der Waals surface area contributed by atoms with Gasteiger partial charge in [-0.3, -0.25) is 4.79 Å². The number of nitrogens with two attached hydrogens (primary N) is 1. The van der Waals surface area contributed by atoms with E-state index in [0.29, 0.717) is 19.6 Å². The third kappa shape index (κ3) is 3.57. The van der Waals surface area contributed by atoms with Crippen molar-refractivity contribution in [2.24, 2.45) is 17.6 Å². The molecule has 0 bridgehead atoms. The van der Waals surface area contributed by atoms with Gasteiger partial charge in [0.05, 0.1) is 12.6 Å². The summed E-state index contributed by atoms with van der Waals surface area (Å²) in [6.45, 7) is 1.71. The molecule has 2 N–H and O–H groups in total. The molecule has 138 valence electrons. The number of carbonyl (C=O) groups is 2. The predicted molar refractivity (Wildman–Crippen MR) is 94.8 cm³/mol. The normalized spacial score (nSPS) is 24.7. The Hall–Kier alpha value is -1.86. The van der Waals surface area contributed by atoms with E-state index in [9.17, 15) is 14.0 Å². The zero-order valence-electron chi connectivity index (χ0n) is 14.4. The smallest absolute Gasteiger partial charge is 0.320 e. The van der Waals surface area contributed by atoms with E-state index in [-0.39, 0.29) is 54.6 Å². The summed E-state index contributed by atoms with van der Waals surface area (Å²) in [5.74, 6) is -0.0992. The zero-order valence-corrected chi connectivity index (χ0v) is 15.2. The summed E-state index contributed by atoms with van der Waals surface area (Å²) in [5.41, 5.74) is 6.25. The van der Waals surface area contributed by atoms with Gasteiger partial charge in [-0.2, -0.15) is 0 Å². The van der Waals surface area contributed by atoms with Crippen molar-refractivity contribution in [3.63, 3.8) is 0 Å². The lowest BCUT2D eigenvalue weighted by atomic mass is 9.89. The van der Waals surface area contributed by atoms with Gasteiger partial charge in [-0.15, -0.1) is 12.4 Å². The van der Waals surface area contributed by atoms with Crippen molar-refractivity contribution in [1.29, 1.82) is 0 Å². The average Bonchev–Trinajstić information content (AvgIpc) is 3.10. The van der Waals surface area contributed by atoms with Crippen molar-refractivity contribution < 1.29 is 14.0 Å². The van der Waals surface area contributed by atoms with E-state index in [1.54, 1.807) is 30.0 Å². The Bertz CT molecular complexity index is 657. The summed E-state index contributed by atoms with van der Waals surface area (Å²) in [6, 6.07) is 6.07. The standard InChI is InChI=1S/C17H23FN4O2.ClH/c1-20(2)17(24)22-9-12-8-21(15(23)7-19)10-14(12)16(22)11-4-3-5-13(18)6-11;/h3-6,12,14,16H,7-10,19H2,1-2H3;1H/t12-,14-,16-;/m1./s1. The Labute approximate surface area is 153 Å². The van der Waals surface area contributed by atoms with Crippen molar-refractivity contribution >= 4 is 24.3 Å². The molecule has 0 aromatic heterocycles. The number of nitrogens with zero attached hydrogens (tertiary/aromatic N) is 3. The van der Waals surface area contributed by atoms with Gasteiger partial charge in [-0.25, -0.2) is 9.18 Å². The summed E-state index contributed by atoms with van der Waals surface area (Å²) < 4.78 is 13.7. The van der Waals surface area contributed by atoms with Crippen LogP contribution in [-0.4, -0.2) is 66.9 Å². The van der Waals surface area contributed by atoms with Crippen LogP contribution >= 0.6 is 12.4 Å². The van der Waals surface area contributed by atoms with E-state index in [4.69, 9.17) is 5.73 Å². The van der Waals surface area contributed by atoms with Gasteiger partial charge in [0, 0.05) is 45.6 Å². The van der Waals surface area contributed by atoms with Gasteiger partial charge < -0.3 is 20.4 Å². The van der Waals surface area contributed by atoms with Gasteiger partial charge in [0.25, 0.3) is 0 Å². The van der Waals surface area contributed by atoms with Crippen LogP contribution < -0.4 is 5.73 Å². The van der Waals surface area contributed by atoms with Gasteiger partial charge in [-0.05, 0) is 17.7 Å². The predicted octanol–water partition coefficient (Wildman–Crippen LogP) is 1.32. The van der Waals surface area contributed by atoms with Crippen LogP contribution in [0.2, 0.25) is 0 Å². The van der Waals surface area contributed by atoms with Crippen LogP contribution in [0.1, 0.15) is 11.6 Å². The summed E-state index contributed by atoms with van der Waals surface area (Å²) in [7, 11) is 3.42. The molecule has 0 radical (unpaired) electrons. The molecule has 2 heterocycles. The topological polar surface area (TPSA) is 69.9 Å². The van der Waals surface area contributed by atoms with E-state index >= 15 is 0 Å². The summed E-state index contributed by atoms with van der Waals surface area (Å²) in [4.78, 5) is 29.6. The average molecular weight is 371 g/mol. The van der Waals surface area contributed by atoms with E-state index in [1.165, 1.54) is 17.0 Å². The molecule has 2 aliphatic rings. The third-order valence-electron chi connectivity index (χ3n) is 5.01. The molecule has 3 rings (SSSR count). The number of rotatable bonds is 2. The van der Waals surface area contributed by atoms with E-state index in [1.807, 2.05) is 6.07 Å². The number of carbonyl (C=O) groups excluding carboxylic acids is 2. The number of halogens is 2. The molecule has 25 heavy (non-hydrogen) atoms. The number of fused-ring (bicyclic) bond motifs is 1. The highest BCUT2D eigenvalue weighted by Gasteiger charge is 2.50. The first-order valence-corrected chi connectivity index (χ1v) is 8.13. The van der Waals surface area contributed by atoms with E-state index in [0.717, 1.165) is 5.56 Å². The molecule has 0 saturated carbocycles. The molecule has 2 fully saturated rings. The lowest BCUT2D eigenvalue weighted by Crippen LogP contribution is -2.42. The second-order valence-electron chi connectivity index (χ2n) is 6.76. The molecule has 0 unspecified atom stereocenters. The van der Waals surface area contributed by atoms with Crippen LogP contribution in [-0.2, 0) is 4.79 Å². The van der Waals surface area contributed by atoms with Gasteiger partial charge in [-0.1, -0.05) is 12.1 Å². The third-order valence-corrected chi connectivity index (χ3v) is 5.01. The van der Waals surface area contributed by atoms with Crippen molar-refractivity contribution in [2.75, 3.05) is 40.3 Å². The monoisotopic (exact) mass is 370 g/mol. The zero-order chi connectivity index (χ0) is 17.4. The van der Waals surface area contributed by atoms with Gasteiger partial charge in [0.1, 0.15) is 5.82 Å². The Morgan fingerprint density at radius 1 is 1.28 bits per heavy atom. The van der Waals surface area contributed by atoms with Crippen LogP contribution in [0.4, 0.5) is 9.18 Å². The fourth-order valence-electron chi connectivity index (χ4n) is 3.95. The van der Waals surface area contributed by atoms with Gasteiger partial charge in [0.15, 0.2) is 0 Å². The lowest BCUT2D eigenvalue weighted by Gasteiger charge is -2.31. The Morgan fingerprint density at radius 2 is 2.00 bits per heavy atom. The fraction of sp³-hybridized carbons (Fsp3) is 0.529. The van der Waals surface area contributed by atoms with E-state index < -0.39 is 0 Å². The van der Waals surface area contributed by atoms with Gasteiger partial charge >= 0.3 is 6.03 Å². The van der Waals surface area contributed by atoms with Crippen molar-refractivity contribution in [1.82, 2.24) is 14.7 Å². The Balaban J connectivity index is 0.00000225. The number of amides is 3. The summed E-state index contributed by atoms with van der Waals surface area (Å²) in [5, 5.41) is 0. The van der Waals surface area contributed by atoms with Crippen LogP contribution in [0, 0.1) is 17.7 Å². The first kappa shape index (κ1) is 19.5. The maximum atomic E-state index is 13.7. The number of benzene rings is 1. The maximum Gasteiger partial charge on any atom is 0.320 e. The quantitative estimate of drug-likeness (QED) is 0.853.